The molecule has 0 spiro atoms. The molecule has 0 saturated carbocycles. The smallest absolute Gasteiger partial charge is 0.231 e. The second-order valence-electron chi connectivity index (χ2n) is 7.33. The molecule has 0 aliphatic carbocycles. The molecule has 0 aromatic heterocycles. The minimum Gasteiger partial charge on any atom is -0.454 e. The van der Waals surface area contributed by atoms with Gasteiger partial charge in [0.15, 0.2) is 21.3 Å². The molecule has 2 N–H and O–H groups in total. The fraction of sp³-hybridized carbons (Fsp3) is 0.333. The molecule has 4 rings (SSSR count). The molecule has 1 atom stereocenters. The molecular weight excluding hydrogens is 440 g/mol. The first kappa shape index (κ1) is 21.5. The van der Waals surface area contributed by atoms with Crippen molar-refractivity contribution in [1.82, 2.24) is 5.32 Å². The molecule has 0 fully saturated rings. The maximum atomic E-state index is 13.0. The van der Waals surface area contributed by atoms with E-state index < -0.39 is 15.1 Å². The van der Waals surface area contributed by atoms with E-state index in [1.807, 2.05) is 6.07 Å². The summed E-state index contributed by atoms with van der Waals surface area (Å²) in [4.78, 5) is 25.1. The summed E-state index contributed by atoms with van der Waals surface area (Å²) in [6, 6.07) is 10.1. The van der Waals surface area contributed by atoms with E-state index in [-0.39, 0.29) is 36.5 Å². The zero-order chi connectivity index (χ0) is 22.0. The number of sulfone groups is 1. The van der Waals surface area contributed by atoms with Gasteiger partial charge in [-0.05, 0) is 42.8 Å². The molecule has 2 heterocycles. The van der Waals surface area contributed by atoms with Crippen LogP contribution in [0.1, 0.15) is 25.3 Å². The van der Waals surface area contributed by atoms with E-state index in [9.17, 15) is 18.0 Å². The first-order chi connectivity index (χ1) is 14.8. The average Bonchev–Trinajstić information content (AvgIpc) is 3.12. The van der Waals surface area contributed by atoms with Crippen molar-refractivity contribution in [3.8, 4) is 11.5 Å². The van der Waals surface area contributed by atoms with Crippen LogP contribution in [-0.4, -0.2) is 38.0 Å². The molecule has 8 nitrogen and oxygen atoms in total. The summed E-state index contributed by atoms with van der Waals surface area (Å²) in [6.45, 7) is 1.93. The number of hydrogen-bond donors (Lipinski definition) is 2. The van der Waals surface area contributed by atoms with Crippen molar-refractivity contribution in [2.45, 2.75) is 41.4 Å². The van der Waals surface area contributed by atoms with E-state index in [1.165, 1.54) is 30.8 Å². The fourth-order valence-electron chi connectivity index (χ4n) is 3.30. The number of fused-ring (bicyclic) bond motifs is 2. The average molecular weight is 463 g/mol. The van der Waals surface area contributed by atoms with Crippen molar-refractivity contribution in [2.24, 2.45) is 0 Å². The SMILES string of the molecule is C[C@@H](CC(=O)NCc1ccc2c(c1)OCO2)S(=O)(=O)c1ccc2c(c1)NC(=O)CCS2. The number of benzene rings is 2. The lowest BCUT2D eigenvalue weighted by Crippen LogP contribution is -2.29. The first-order valence-electron chi connectivity index (χ1n) is 9.79. The molecule has 0 radical (unpaired) electrons. The standard InChI is InChI=1S/C21H22N2O6S2/c1-13(8-21(25)22-11-14-2-4-17-18(9-14)29-12-28-17)31(26,27)15-3-5-19-16(10-15)23-20(24)6-7-30-19/h2-5,9-10,13H,6-8,11-12H2,1H3,(H,22,25)(H,23,24)/t13-/m0/s1. The van der Waals surface area contributed by atoms with Gasteiger partial charge in [0.25, 0.3) is 0 Å². The highest BCUT2D eigenvalue weighted by atomic mass is 32.2. The van der Waals surface area contributed by atoms with Crippen LogP contribution in [0, 0.1) is 0 Å². The number of rotatable bonds is 6. The molecule has 0 saturated heterocycles. The van der Waals surface area contributed by atoms with Crippen LogP contribution in [0.3, 0.4) is 0 Å². The summed E-state index contributed by atoms with van der Waals surface area (Å²) in [5, 5.41) is 4.58. The van der Waals surface area contributed by atoms with Crippen LogP contribution in [0.25, 0.3) is 0 Å². The summed E-state index contributed by atoms with van der Waals surface area (Å²) in [5.74, 6) is 1.41. The fourth-order valence-corrected chi connectivity index (χ4v) is 5.62. The van der Waals surface area contributed by atoms with E-state index in [1.54, 1.807) is 18.2 Å². The van der Waals surface area contributed by atoms with Crippen molar-refractivity contribution in [1.29, 1.82) is 0 Å². The third-order valence-electron chi connectivity index (χ3n) is 5.07. The number of anilines is 1. The minimum absolute atomic E-state index is 0.0881. The Bertz CT molecular complexity index is 1130. The summed E-state index contributed by atoms with van der Waals surface area (Å²) in [6.07, 6.45) is 0.201. The monoisotopic (exact) mass is 462 g/mol. The maximum absolute atomic E-state index is 13.0. The highest BCUT2D eigenvalue weighted by Gasteiger charge is 2.27. The predicted octanol–water partition coefficient (Wildman–Crippen LogP) is 2.72. The van der Waals surface area contributed by atoms with Crippen LogP contribution in [0.5, 0.6) is 11.5 Å². The molecule has 0 bridgehead atoms. The van der Waals surface area contributed by atoms with Crippen molar-refractivity contribution < 1.29 is 27.5 Å². The van der Waals surface area contributed by atoms with Gasteiger partial charge in [0, 0.05) is 30.0 Å². The molecular formula is C21H22N2O6S2. The molecule has 2 aromatic carbocycles. The predicted molar refractivity (Wildman–Crippen MR) is 116 cm³/mol. The van der Waals surface area contributed by atoms with E-state index in [0.717, 1.165) is 10.5 Å². The van der Waals surface area contributed by atoms with Crippen molar-refractivity contribution in [2.75, 3.05) is 17.9 Å². The van der Waals surface area contributed by atoms with E-state index in [0.29, 0.717) is 29.4 Å². The van der Waals surface area contributed by atoms with Crippen LogP contribution in [0.4, 0.5) is 5.69 Å². The first-order valence-corrected chi connectivity index (χ1v) is 12.3. The summed E-state index contributed by atoms with van der Waals surface area (Å²) < 4.78 is 36.6. The van der Waals surface area contributed by atoms with Crippen LogP contribution in [-0.2, 0) is 26.0 Å². The van der Waals surface area contributed by atoms with Gasteiger partial charge < -0.3 is 20.1 Å². The molecule has 10 heteroatoms. The highest BCUT2D eigenvalue weighted by Crippen LogP contribution is 2.34. The van der Waals surface area contributed by atoms with Crippen molar-refractivity contribution >= 4 is 39.1 Å². The largest absolute Gasteiger partial charge is 0.454 e. The Morgan fingerprint density at radius 2 is 2.00 bits per heavy atom. The Labute approximate surface area is 184 Å². The van der Waals surface area contributed by atoms with Crippen LogP contribution < -0.4 is 20.1 Å². The number of hydrogen-bond acceptors (Lipinski definition) is 7. The number of carbonyl (C=O) groups excluding carboxylic acids is 2. The third kappa shape index (κ3) is 4.80. The number of ether oxygens (including phenoxy) is 2. The van der Waals surface area contributed by atoms with Gasteiger partial charge in [-0.1, -0.05) is 6.07 Å². The number of carbonyl (C=O) groups is 2. The van der Waals surface area contributed by atoms with Gasteiger partial charge in [-0.3, -0.25) is 9.59 Å². The Hall–Kier alpha value is -2.72. The Morgan fingerprint density at radius 3 is 2.84 bits per heavy atom. The normalized spacial score (nSPS) is 16.1. The Morgan fingerprint density at radius 1 is 1.19 bits per heavy atom. The lowest BCUT2D eigenvalue weighted by atomic mass is 10.2. The molecule has 0 unspecified atom stereocenters. The van der Waals surface area contributed by atoms with Crippen molar-refractivity contribution in [3.63, 3.8) is 0 Å². The quantitative estimate of drug-likeness (QED) is 0.679. The van der Waals surface area contributed by atoms with Crippen LogP contribution >= 0.6 is 11.8 Å². The number of thioether (sulfide) groups is 1. The van der Waals surface area contributed by atoms with E-state index >= 15 is 0 Å². The lowest BCUT2D eigenvalue weighted by molar-refractivity contribution is -0.121. The molecule has 2 amide bonds. The van der Waals surface area contributed by atoms with Gasteiger partial charge in [0.2, 0.25) is 18.6 Å². The van der Waals surface area contributed by atoms with Gasteiger partial charge >= 0.3 is 0 Å². The lowest BCUT2D eigenvalue weighted by Gasteiger charge is -2.15. The van der Waals surface area contributed by atoms with Crippen molar-refractivity contribution in [3.05, 3.63) is 42.0 Å². The highest BCUT2D eigenvalue weighted by molar-refractivity contribution is 7.99. The molecule has 31 heavy (non-hydrogen) atoms. The summed E-state index contributed by atoms with van der Waals surface area (Å²) in [5.41, 5.74) is 1.32. The van der Waals surface area contributed by atoms with Gasteiger partial charge in [0.05, 0.1) is 15.8 Å². The zero-order valence-electron chi connectivity index (χ0n) is 16.8. The Balaban J connectivity index is 1.39. The third-order valence-corrected chi connectivity index (χ3v) is 8.28. The van der Waals surface area contributed by atoms with Gasteiger partial charge in [-0.2, -0.15) is 0 Å². The second kappa shape index (κ2) is 8.80. The minimum atomic E-state index is -3.75. The van der Waals surface area contributed by atoms with Crippen LogP contribution in [0.15, 0.2) is 46.2 Å². The van der Waals surface area contributed by atoms with Crippen LogP contribution in [0.2, 0.25) is 0 Å². The van der Waals surface area contributed by atoms with Gasteiger partial charge in [0.1, 0.15) is 0 Å². The zero-order valence-corrected chi connectivity index (χ0v) is 18.5. The van der Waals surface area contributed by atoms with E-state index in [4.69, 9.17) is 9.47 Å². The summed E-state index contributed by atoms with van der Waals surface area (Å²) >= 11 is 1.50. The second-order valence-corrected chi connectivity index (χ2v) is 10.8. The molecule has 2 aliphatic rings. The summed E-state index contributed by atoms with van der Waals surface area (Å²) in [7, 11) is -3.75. The number of nitrogens with one attached hydrogen (secondary N) is 2. The molecule has 2 aliphatic heterocycles. The Kier molecular flexibility index (Phi) is 6.10. The molecule has 164 valence electrons. The van der Waals surface area contributed by atoms with Gasteiger partial charge in [-0.15, -0.1) is 11.8 Å². The topological polar surface area (TPSA) is 111 Å². The molecule has 2 aromatic rings. The number of amides is 2. The maximum Gasteiger partial charge on any atom is 0.231 e. The van der Waals surface area contributed by atoms with E-state index in [2.05, 4.69) is 10.6 Å². The van der Waals surface area contributed by atoms with Gasteiger partial charge in [-0.25, -0.2) is 8.42 Å².